The Hall–Kier alpha value is -2.04. The molecule has 5 heteroatoms. The number of anilines is 1. The second-order valence-corrected chi connectivity index (χ2v) is 4.01. The number of rotatable bonds is 4. The summed E-state index contributed by atoms with van der Waals surface area (Å²) in [7, 11) is 1.54. The van der Waals surface area contributed by atoms with Crippen molar-refractivity contribution in [2.24, 2.45) is 11.8 Å². The van der Waals surface area contributed by atoms with Crippen LogP contribution in [0.2, 0.25) is 0 Å². The fraction of sp³-hybridized carbons (Fsp3) is 0.333. The normalized spacial score (nSPS) is 21.7. The van der Waals surface area contributed by atoms with Crippen LogP contribution in [0, 0.1) is 11.8 Å². The Balaban J connectivity index is 1.97. The SMILES string of the molecule is COc1cccc(NC(=O)[C@@H]2C[C@@H]2C(=O)O)c1. The van der Waals surface area contributed by atoms with Crippen molar-refractivity contribution in [2.75, 3.05) is 12.4 Å². The van der Waals surface area contributed by atoms with Crippen LogP contribution in [-0.4, -0.2) is 24.1 Å². The van der Waals surface area contributed by atoms with Gasteiger partial charge in [-0.05, 0) is 18.6 Å². The molecule has 1 aromatic carbocycles. The lowest BCUT2D eigenvalue weighted by Gasteiger charge is -2.06. The fourth-order valence-corrected chi connectivity index (χ4v) is 1.69. The number of ether oxygens (including phenoxy) is 1. The molecule has 1 aromatic rings. The second kappa shape index (κ2) is 4.45. The number of aliphatic carboxylic acids is 1. The predicted octanol–water partition coefficient (Wildman–Crippen LogP) is 1.35. The summed E-state index contributed by atoms with van der Waals surface area (Å²) in [6.45, 7) is 0. The lowest BCUT2D eigenvalue weighted by atomic mass is 10.2. The van der Waals surface area contributed by atoms with Gasteiger partial charge in [-0.25, -0.2) is 0 Å². The molecule has 1 aliphatic rings. The molecule has 1 fully saturated rings. The van der Waals surface area contributed by atoms with Gasteiger partial charge in [0.05, 0.1) is 18.9 Å². The number of methoxy groups -OCH3 is 1. The molecular formula is C12H13NO4. The molecule has 5 nitrogen and oxygen atoms in total. The molecule has 0 saturated heterocycles. The van der Waals surface area contributed by atoms with E-state index in [1.54, 1.807) is 31.4 Å². The first-order chi connectivity index (χ1) is 8.11. The van der Waals surface area contributed by atoms with Gasteiger partial charge in [-0.3, -0.25) is 9.59 Å². The topological polar surface area (TPSA) is 75.6 Å². The van der Waals surface area contributed by atoms with Gasteiger partial charge in [0.25, 0.3) is 0 Å². The summed E-state index contributed by atoms with van der Waals surface area (Å²) in [6.07, 6.45) is 0.422. The molecule has 0 spiro atoms. The highest BCUT2D eigenvalue weighted by atomic mass is 16.5. The van der Waals surface area contributed by atoms with Crippen LogP contribution in [0.4, 0.5) is 5.69 Å². The number of nitrogens with one attached hydrogen (secondary N) is 1. The standard InChI is InChI=1S/C12H13NO4/c1-17-8-4-2-3-7(5-8)13-11(14)9-6-10(9)12(15)16/h2-5,9-10H,6H2,1H3,(H,13,14)(H,15,16)/t9-,10+/m1/s1. The van der Waals surface area contributed by atoms with Crippen LogP contribution < -0.4 is 10.1 Å². The lowest BCUT2D eigenvalue weighted by Crippen LogP contribution is -2.16. The molecule has 0 bridgehead atoms. The molecule has 2 N–H and O–H groups in total. The van der Waals surface area contributed by atoms with Gasteiger partial charge in [0.1, 0.15) is 5.75 Å². The first kappa shape index (κ1) is 11.4. The zero-order chi connectivity index (χ0) is 12.4. The molecule has 17 heavy (non-hydrogen) atoms. The summed E-state index contributed by atoms with van der Waals surface area (Å²) in [4.78, 5) is 22.3. The van der Waals surface area contributed by atoms with E-state index in [9.17, 15) is 9.59 Å². The van der Waals surface area contributed by atoms with Crippen LogP contribution in [0.3, 0.4) is 0 Å². The van der Waals surface area contributed by atoms with Gasteiger partial charge in [0.15, 0.2) is 0 Å². The Morgan fingerprint density at radius 3 is 2.76 bits per heavy atom. The van der Waals surface area contributed by atoms with Crippen molar-refractivity contribution in [2.45, 2.75) is 6.42 Å². The molecule has 0 heterocycles. The van der Waals surface area contributed by atoms with E-state index < -0.39 is 17.8 Å². The van der Waals surface area contributed by atoms with Gasteiger partial charge in [-0.2, -0.15) is 0 Å². The molecule has 2 atom stereocenters. The summed E-state index contributed by atoms with van der Waals surface area (Å²) in [6, 6.07) is 6.96. The van der Waals surface area contributed by atoms with Crippen molar-refractivity contribution in [1.29, 1.82) is 0 Å². The van der Waals surface area contributed by atoms with Gasteiger partial charge in [0, 0.05) is 11.8 Å². The lowest BCUT2D eigenvalue weighted by molar-refractivity contribution is -0.139. The van der Waals surface area contributed by atoms with Crippen molar-refractivity contribution in [3.63, 3.8) is 0 Å². The summed E-state index contributed by atoms with van der Waals surface area (Å²) in [5.41, 5.74) is 0.616. The van der Waals surface area contributed by atoms with Crippen molar-refractivity contribution in [3.8, 4) is 5.75 Å². The summed E-state index contributed by atoms with van der Waals surface area (Å²) >= 11 is 0. The summed E-state index contributed by atoms with van der Waals surface area (Å²) in [5, 5.41) is 11.4. The number of carbonyl (C=O) groups is 2. The van der Waals surface area contributed by atoms with Gasteiger partial charge in [-0.15, -0.1) is 0 Å². The number of hydrogen-bond donors (Lipinski definition) is 2. The minimum atomic E-state index is -0.907. The number of hydrogen-bond acceptors (Lipinski definition) is 3. The van der Waals surface area contributed by atoms with Gasteiger partial charge in [-0.1, -0.05) is 6.07 Å². The van der Waals surface area contributed by atoms with Crippen molar-refractivity contribution >= 4 is 17.6 Å². The van der Waals surface area contributed by atoms with Crippen LogP contribution in [0.15, 0.2) is 24.3 Å². The molecule has 0 radical (unpaired) electrons. The average molecular weight is 235 g/mol. The Labute approximate surface area is 98.4 Å². The maximum Gasteiger partial charge on any atom is 0.307 e. The Morgan fingerprint density at radius 2 is 2.18 bits per heavy atom. The monoisotopic (exact) mass is 235 g/mol. The van der Waals surface area contributed by atoms with Crippen molar-refractivity contribution in [1.82, 2.24) is 0 Å². The van der Waals surface area contributed by atoms with Crippen LogP contribution in [0.25, 0.3) is 0 Å². The van der Waals surface area contributed by atoms with Crippen LogP contribution in [0.1, 0.15) is 6.42 Å². The smallest absolute Gasteiger partial charge is 0.307 e. The minimum absolute atomic E-state index is 0.245. The molecule has 2 rings (SSSR count). The van der Waals surface area contributed by atoms with Gasteiger partial charge in [0.2, 0.25) is 5.91 Å². The fourth-order valence-electron chi connectivity index (χ4n) is 1.69. The third kappa shape index (κ3) is 2.55. The van der Waals surface area contributed by atoms with E-state index in [0.29, 0.717) is 17.9 Å². The molecule has 0 unspecified atom stereocenters. The highest BCUT2D eigenvalue weighted by Crippen LogP contribution is 2.39. The summed E-state index contributed by atoms with van der Waals surface area (Å²) in [5.74, 6) is -1.44. The van der Waals surface area contributed by atoms with Gasteiger partial charge >= 0.3 is 5.97 Å². The van der Waals surface area contributed by atoms with E-state index in [0.717, 1.165) is 0 Å². The molecule has 1 saturated carbocycles. The van der Waals surface area contributed by atoms with E-state index in [4.69, 9.17) is 9.84 Å². The number of carboxylic acid groups (broad SMARTS) is 1. The summed E-state index contributed by atoms with van der Waals surface area (Å²) < 4.78 is 5.03. The van der Waals surface area contributed by atoms with E-state index >= 15 is 0 Å². The molecule has 1 amide bonds. The van der Waals surface area contributed by atoms with Crippen LogP contribution >= 0.6 is 0 Å². The van der Waals surface area contributed by atoms with Crippen LogP contribution in [-0.2, 0) is 9.59 Å². The molecule has 1 aliphatic carbocycles. The maximum absolute atomic E-state index is 11.7. The van der Waals surface area contributed by atoms with E-state index in [2.05, 4.69) is 5.32 Å². The molecule has 0 aromatic heterocycles. The van der Waals surface area contributed by atoms with Gasteiger partial charge < -0.3 is 15.2 Å². The number of carbonyl (C=O) groups excluding carboxylic acids is 1. The second-order valence-electron chi connectivity index (χ2n) is 4.01. The number of benzene rings is 1. The zero-order valence-electron chi connectivity index (χ0n) is 9.34. The minimum Gasteiger partial charge on any atom is -0.497 e. The first-order valence-electron chi connectivity index (χ1n) is 5.29. The zero-order valence-corrected chi connectivity index (χ0v) is 9.34. The maximum atomic E-state index is 11.7. The Bertz CT molecular complexity index is 458. The molecular weight excluding hydrogens is 222 g/mol. The molecule has 0 aliphatic heterocycles. The van der Waals surface area contributed by atoms with E-state index in [1.807, 2.05) is 0 Å². The highest BCUT2D eigenvalue weighted by Gasteiger charge is 2.48. The van der Waals surface area contributed by atoms with Crippen molar-refractivity contribution < 1.29 is 19.4 Å². The quantitative estimate of drug-likeness (QED) is 0.826. The van der Waals surface area contributed by atoms with E-state index in [-0.39, 0.29) is 5.91 Å². The highest BCUT2D eigenvalue weighted by molar-refractivity contribution is 5.98. The predicted molar refractivity (Wildman–Crippen MR) is 60.9 cm³/mol. The third-order valence-electron chi connectivity index (χ3n) is 2.78. The molecule has 90 valence electrons. The van der Waals surface area contributed by atoms with Crippen LogP contribution in [0.5, 0.6) is 5.75 Å². The van der Waals surface area contributed by atoms with E-state index in [1.165, 1.54) is 0 Å². The average Bonchev–Trinajstić information content (AvgIpc) is 3.09. The Kier molecular flexibility index (Phi) is 2.99. The van der Waals surface area contributed by atoms with Crippen molar-refractivity contribution in [3.05, 3.63) is 24.3 Å². The first-order valence-corrected chi connectivity index (χ1v) is 5.29. The third-order valence-corrected chi connectivity index (χ3v) is 2.78. The largest absolute Gasteiger partial charge is 0.497 e. The number of carboxylic acids is 1. The Morgan fingerprint density at radius 1 is 1.41 bits per heavy atom. The number of amides is 1.